The smallest absolute Gasteiger partial charge is 0.355 e. The number of nitrogens with zero attached hydrogens (tertiary/aromatic N) is 4. The molecule has 11 heteroatoms. The molecule has 26 heavy (non-hydrogen) atoms. The third kappa shape index (κ3) is 4.46. The molecule has 2 aromatic rings. The number of hydrogen-bond donors (Lipinski definition) is 2. The predicted molar refractivity (Wildman–Crippen MR) is 85.3 cm³/mol. The molecule has 0 spiro atoms. The number of rotatable bonds is 6. The molecule has 142 valence electrons. The summed E-state index contributed by atoms with van der Waals surface area (Å²) in [6.45, 7) is 5.36. The largest absolute Gasteiger partial charge is 0.453 e. The first-order valence-corrected chi connectivity index (χ1v) is 7.97. The second kappa shape index (κ2) is 7.67. The molecule has 2 amide bonds. The molecule has 0 bridgehead atoms. The lowest BCUT2D eigenvalue weighted by Crippen LogP contribution is -2.38. The summed E-state index contributed by atoms with van der Waals surface area (Å²) in [6.07, 6.45) is -4.04. The van der Waals surface area contributed by atoms with Crippen LogP contribution in [0, 0.1) is 13.8 Å². The summed E-state index contributed by atoms with van der Waals surface area (Å²) in [7, 11) is 0. The van der Waals surface area contributed by atoms with E-state index in [1.165, 1.54) is 6.92 Å². The van der Waals surface area contributed by atoms with Crippen LogP contribution in [0.1, 0.15) is 36.1 Å². The van der Waals surface area contributed by atoms with Crippen molar-refractivity contribution < 1.29 is 22.8 Å². The van der Waals surface area contributed by atoms with Crippen LogP contribution in [-0.4, -0.2) is 44.5 Å². The second-order valence-corrected chi connectivity index (χ2v) is 5.71. The number of amides is 2. The lowest BCUT2D eigenvalue weighted by atomic mass is 10.1. The first-order valence-electron chi connectivity index (χ1n) is 7.97. The van der Waals surface area contributed by atoms with Crippen molar-refractivity contribution in [1.82, 2.24) is 30.2 Å². The number of aromatic nitrogens is 4. The summed E-state index contributed by atoms with van der Waals surface area (Å²) >= 11 is 0. The van der Waals surface area contributed by atoms with Crippen LogP contribution in [0.5, 0.6) is 0 Å². The van der Waals surface area contributed by atoms with E-state index >= 15 is 0 Å². The third-order valence-electron chi connectivity index (χ3n) is 3.66. The molecule has 0 aromatic carbocycles. The summed E-state index contributed by atoms with van der Waals surface area (Å²) < 4.78 is 39.3. The molecule has 0 saturated carbocycles. The van der Waals surface area contributed by atoms with Gasteiger partial charge in [0.25, 0.3) is 11.6 Å². The Morgan fingerprint density at radius 1 is 1.12 bits per heavy atom. The van der Waals surface area contributed by atoms with E-state index in [0.29, 0.717) is 23.5 Å². The maximum Gasteiger partial charge on any atom is 0.453 e. The highest BCUT2D eigenvalue weighted by atomic mass is 19.4. The van der Waals surface area contributed by atoms with E-state index in [0.717, 1.165) is 10.9 Å². The van der Waals surface area contributed by atoms with E-state index in [2.05, 4.69) is 25.7 Å². The number of fused-ring (bicyclic) bond motifs is 1. The highest BCUT2D eigenvalue weighted by molar-refractivity contribution is 5.85. The lowest BCUT2D eigenvalue weighted by molar-refractivity contribution is -0.144. The number of aryl methyl sites for hydroxylation is 2. The first kappa shape index (κ1) is 19.6. The molecular weight excluding hydrogens is 353 g/mol. The zero-order valence-electron chi connectivity index (χ0n) is 14.6. The fourth-order valence-electron chi connectivity index (χ4n) is 2.31. The number of carbonyl (C=O) groups is 2. The quantitative estimate of drug-likeness (QED) is 0.786. The maximum absolute atomic E-state index is 12.8. The van der Waals surface area contributed by atoms with Gasteiger partial charge in [-0.25, -0.2) is 9.50 Å². The molecule has 2 rings (SSSR count). The highest BCUT2D eigenvalue weighted by Crippen LogP contribution is 2.27. The molecule has 8 nitrogen and oxygen atoms in total. The minimum atomic E-state index is -4.68. The van der Waals surface area contributed by atoms with E-state index in [1.807, 2.05) is 6.92 Å². The van der Waals surface area contributed by atoms with Gasteiger partial charge in [-0.1, -0.05) is 6.92 Å². The Bertz CT molecular complexity index is 831. The van der Waals surface area contributed by atoms with E-state index < -0.39 is 17.9 Å². The van der Waals surface area contributed by atoms with Crippen molar-refractivity contribution in [2.75, 3.05) is 13.1 Å². The van der Waals surface area contributed by atoms with Crippen molar-refractivity contribution in [2.45, 2.75) is 39.8 Å². The molecule has 0 fully saturated rings. The fourth-order valence-corrected chi connectivity index (χ4v) is 2.31. The van der Waals surface area contributed by atoms with Gasteiger partial charge in [0.05, 0.1) is 13.0 Å². The minimum absolute atomic E-state index is 0.136. The van der Waals surface area contributed by atoms with Crippen LogP contribution in [0.3, 0.4) is 0 Å². The Kier molecular flexibility index (Phi) is 5.78. The van der Waals surface area contributed by atoms with Gasteiger partial charge in [-0.05, 0) is 20.3 Å². The van der Waals surface area contributed by atoms with Gasteiger partial charge in [0.1, 0.15) is 0 Å². The standard InChI is InChI=1S/C15H19F3N6O2/c1-4-5-19-12(26)7-20-11(25)6-10-8(2)21-14-22-13(15(16,17)18)23-24(14)9(10)3/h4-7H2,1-3H3,(H,19,26)(H,20,25). The number of carbonyl (C=O) groups excluding carboxylic acids is 2. The van der Waals surface area contributed by atoms with Gasteiger partial charge in [-0.15, -0.1) is 5.10 Å². The summed E-state index contributed by atoms with van der Waals surface area (Å²) in [4.78, 5) is 30.9. The molecule has 0 unspecified atom stereocenters. The van der Waals surface area contributed by atoms with Crippen LogP contribution in [0.2, 0.25) is 0 Å². The molecule has 0 aliphatic heterocycles. The van der Waals surface area contributed by atoms with Crippen LogP contribution in [0.4, 0.5) is 13.2 Å². The van der Waals surface area contributed by atoms with Gasteiger partial charge < -0.3 is 10.6 Å². The average molecular weight is 372 g/mol. The zero-order chi connectivity index (χ0) is 19.5. The topological polar surface area (TPSA) is 101 Å². The second-order valence-electron chi connectivity index (χ2n) is 5.71. The molecule has 0 saturated heterocycles. The average Bonchev–Trinajstić information content (AvgIpc) is 2.99. The third-order valence-corrected chi connectivity index (χ3v) is 3.66. The van der Waals surface area contributed by atoms with E-state index in [-0.39, 0.29) is 24.7 Å². The number of alkyl halides is 3. The van der Waals surface area contributed by atoms with Gasteiger partial charge >= 0.3 is 6.18 Å². The Morgan fingerprint density at radius 2 is 1.81 bits per heavy atom. The van der Waals surface area contributed by atoms with Crippen molar-refractivity contribution in [1.29, 1.82) is 0 Å². The van der Waals surface area contributed by atoms with Gasteiger partial charge in [0.2, 0.25) is 11.8 Å². The maximum atomic E-state index is 12.8. The summed E-state index contributed by atoms with van der Waals surface area (Å²) in [5, 5.41) is 8.51. The van der Waals surface area contributed by atoms with Gasteiger partial charge in [0, 0.05) is 23.5 Å². The molecule has 0 radical (unpaired) electrons. The van der Waals surface area contributed by atoms with Crippen LogP contribution < -0.4 is 10.6 Å². The molecule has 0 aliphatic carbocycles. The summed E-state index contributed by atoms with van der Waals surface area (Å²) in [6, 6.07) is 0. The Balaban J connectivity index is 2.16. The monoisotopic (exact) mass is 372 g/mol. The summed E-state index contributed by atoms with van der Waals surface area (Å²) in [5.41, 5.74) is 1.14. The number of hydrogen-bond acceptors (Lipinski definition) is 5. The van der Waals surface area contributed by atoms with Crippen LogP contribution in [-0.2, 0) is 22.2 Å². The van der Waals surface area contributed by atoms with Crippen molar-refractivity contribution in [3.8, 4) is 0 Å². The van der Waals surface area contributed by atoms with Crippen molar-refractivity contribution in [3.05, 3.63) is 22.8 Å². The van der Waals surface area contributed by atoms with Gasteiger partial charge in [-0.2, -0.15) is 18.2 Å². The van der Waals surface area contributed by atoms with E-state index in [9.17, 15) is 22.8 Å². The van der Waals surface area contributed by atoms with Gasteiger partial charge in [0.15, 0.2) is 0 Å². The highest BCUT2D eigenvalue weighted by Gasteiger charge is 2.37. The number of nitrogens with one attached hydrogen (secondary N) is 2. The van der Waals surface area contributed by atoms with Crippen LogP contribution in [0.25, 0.3) is 5.78 Å². The summed E-state index contributed by atoms with van der Waals surface area (Å²) in [5.74, 6) is -2.23. The normalized spacial score (nSPS) is 11.6. The van der Waals surface area contributed by atoms with E-state index in [1.54, 1.807) is 6.92 Å². The molecule has 0 aliphatic rings. The lowest BCUT2D eigenvalue weighted by Gasteiger charge is -2.10. The predicted octanol–water partition coefficient (Wildman–Crippen LogP) is 0.945. The van der Waals surface area contributed by atoms with Crippen LogP contribution in [0.15, 0.2) is 0 Å². The van der Waals surface area contributed by atoms with E-state index in [4.69, 9.17) is 0 Å². The molecule has 2 heterocycles. The Hall–Kier alpha value is -2.72. The Morgan fingerprint density at radius 3 is 2.42 bits per heavy atom. The number of halogens is 3. The Labute approximate surface area is 147 Å². The van der Waals surface area contributed by atoms with Gasteiger partial charge in [-0.3, -0.25) is 9.59 Å². The van der Waals surface area contributed by atoms with Crippen molar-refractivity contribution in [2.24, 2.45) is 0 Å². The zero-order valence-corrected chi connectivity index (χ0v) is 14.6. The molecule has 0 atom stereocenters. The van der Waals surface area contributed by atoms with Crippen molar-refractivity contribution in [3.63, 3.8) is 0 Å². The van der Waals surface area contributed by atoms with Crippen LogP contribution >= 0.6 is 0 Å². The SMILES string of the molecule is CCCNC(=O)CNC(=O)Cc1c(C)nc2nc(C(F)(F)F)nn2c1C. The molecular formula is C15H19F3N6O2. The fraction of sp³-hybridized carbons (Fsp3) is 0.533. The molecule has 2 aromatic heterocycles. The minimum Gasteiger partial charge on any atom is -0.355 e. The first-order chi connectivity index (χ1) is 12.1. The molecule has 2 N–H and O–H groups in total. The van der Waals surface area contributed by atoms with Crippen molar-refractivity contribution >= 4 is 17.6 Å².